The summed E-state index contributed by atoms with van der Waals surface area (Å²) in [6.45, 7) is 4.94. The fourth-order valence-electron chi connectivity index (χ4n) is 3.24. The molecule has 0 aliphatic carbocycles. The molecule has 0 radical (unpaired) electrons. The van der Waals surface area contributed by atoms with Crippen LogP contribution in [0.5, 0.6) is 5.75 Å². The molecule has 4 aromatic rings. The number of anilines is 1. The third kappa shape index (κ3) is 5.14. The summed E-state index contributed by atoms with van der Waals surface area (Å²) >= 11 is 0. The van der Waals surface area contributed by atoms with Gasteiger partial charge in [-0.2, -0.15) is 5.10 Å². The molecule has 156 valence electrons. The number of carbonyl (C=O) groups is 1. The molecule has 0 atom stereocenters. The van der Waals surface area contributed by atoms with Gasteiger partial charge in [-0.15, -0.1) is 0 Å². The molecule has 4 rings (SSSR count). The Balaban J connectivity index is 1.47. The van der Waals surface area contributed by atoms with Gasteiger partial charge in [0.25, 0.3) is 5.91 Å². The highest BCUT2D eigenvalue weighted by molar-refractivity contribution is 6.04. The lowest BCUT2D eigenvalue weighted by Crippen LogP contribution is -2.15. The zero-order valence-corrected chi connectivity index (χ0v) is 17.4. The molecule has 0 saturated heterocycles. The number of ether oxygens (including phenoxy) is 1. The summed E-state index contributed by atoms with van der Waals surface area (Å²) in [4.78, 5) is 21.2. The van der Waals surface area contributed by atoms with Gasteiger partial charge in [0, 0.05) is 29.8 Å². The molecule has 1 N–H and O–H groups in total. The van der Waals surface area contributed by atoms with Crippen molar-refractivity contribution < 1.29 is 9.53 Å². The number of aryl methyl sites for hydroxylation is 2. The molecule has 1 aromatic carbocycles. The van der Waals surface area contributed by atoms with Crippen LogP contribution < -0.4 is 10.1 Å². The molecular weight excluding hydrogens is 390 g/mol. The first-order valence-corrected chi connectivity index (χ1v) is 9.96. The van der Waals surface area contributed by atoms with Crippen molar-refractivity contribution in [3.05, 3.63) is 101 Å². The highest BCUT2D eigenvalue weighted by Crippen LogP contribution is 2.23. The van der Waals surface area contributed by atoms with Gasteiger partial charge in [0.1, 0.15) is 6.61 Å². The van der Waals surface area contributed by atoms with Gasteiger partial charge in [0.15, 0.2) is 11.6 Å². The normalized spacial score (nSPS) is 10.6. The molecule has 0 fully saturated rings. The second-order valence-corrected chi connectivity index (χ2v) is 7.23. The number of nitrogens with zero attached hydrogens (tertiary/aromatic N) is 4. The van der Waals surface area contributed by atoms with Crippen LogP contribution in [-0.4, -0.2) is 25.7 Å². The maximum atomic E-state index is 12.9. The summed E-state index contributed by atoms with van der Waals surface area (Å²) in [6.07, 6.45) is 5.04. The first-order valence-electron chi connectivity index (χ1n) is 9.96. The summed E-state index contributed by atoms with van der Waals surface area (Å²) in [5, 5.41) is 7.35. The first-order chi connectivity index (χ1) is 15.1. The van der Waals surface area contributed by atoms with Crippen molar-refractivity contribution in [2.45, 2.75) is 27.0 Å². The van der Waals surface area contributed by atoms with Gasteiger partial charge in [-0.25, -0.2) is 4.98 Å². The van der Waals surface area contributed by atoms with Crippen molar-refractivity contribution in [2.75, 3.05) is 5.32 Å². The molecule has 0 bridgehead atoms. The number of amides is 1. The number of rotatable bonds is 7. The largest absolute Gasteiger partial charge is 0.485 e. The van der Waals surface area contributed by atoms with Gasteiger partial charge in [-0.1, -0.05) is 12.1 Å². The minimum atomic E-state index is -0.248. The third-order valence-corrected chi connectivity index (χ3v) is 4.77. The van der Waals surface area contributed by atoms with Crippen LogP contribution in [0, 0.1) is 13.8 Å². The van der Waals surface area contributed by atoms with E-state index in [0.29, 0.717) is 30.3 Å². The molecule has 0 aliphatic heterocycles. The van der Waals surface area contributed by atoms with Gasteiger partial charge in [0.05, 0.1) is 12.2 Å². The van der Waals surface area contributed by atoms with Gasteiger partial charge in [-0.3, -0.25) is 14.5 Å². The predicted molar refractivity (Wildman–Crippen MR) is 118 cm³/mol. The Morgan fingerprint density at radius 2 is 1.84 bits per heavy atom. The van der Waals surface area contributed by atoms with Crippen LogP contribution in [0.4, 0.5) is 5.82 Å². The molecule has 7 heteroatoms. The van der Waals surface area contributed by atoms with Crippen LogP contribution in [0.1, 0.15) is 32.9 Å². The Bertz CT molecular complexity index is 1190. The second kappa shape index (κ2) is 9.21. The van der Waals surface area contributed by atoms with E-state index in [0.717, 1.165) is 22.5 Å². The maximum Gasteiger partial charge on any atom is 0.256 e. The minimum absolute atomic E-state index is 0.248. The molecule has 7 nitrogen and oxygen atoms in total. The lowest BCUT2D eigenvalue weighted by molar-refractivity contribution is 0.102. The predicted octanol–water partition coefficient (Wildman–Crippen LogP) is 4.17. The topological polar surface area (TPSA) is 81.9 Å². The van der Waals surface area contributed by atoms with Crippen molar-refractivity contribution in [3.8, 4) is 5.75 Å². The summed E-state index contributed by atoms with van der Waals surface area (Å²) in [5.74, 6) is 0.639. The van der Waals surface area contributed by atoms with E-state index in [1.807, 2.05) is 54.9 Å². The molecule has 3 heterocycles. The van der Waals surface area contributed by atoms with E-state index in [1.165, 1.54) is 0 Å². The van der Waals surface area contributed by atoms with Crippen LogP contribution in [0.15, 0.2) is 73.2 Å². The quantitative estimate of drug-likeness (QED) is 0.492. The second-order valence-electron chi connectivity index (χ2n) is 7.23. The number of benzene rings is 1. The Morgan fingerprint density at radius 1 is 1.00 bits per heavy atom. The van der Waals surface area contributed by atoms with Crippen molar-refractivity contribution in [1.82, 2.24) is 19.7 Å². The zero-order valence-electron chi connectivity index (χ0n) is 17.4. The van der Waals surface area contributed by atoms with Crippen molar-refractivity contribution in [1.29, 1.82) is 0 Å². The number of hydrogen-bond acceptors (Lipinski definition) is 5. The fraction of sp³-hybridized carbons (Fsp3) is 0.167. The smallest absolute Gasteiger partial charge is 0.256 e. The van der Waals surface area contributed by atoms with E-state index < -0.39 is 0 Å². The Labute approximate surface area is 180 Å². The van der Waals surface area contributed by atoms with Gasteiger partial charge in [-0.05, 0) is 67.4 Å². The molecule has 0 unspecified atom stereocenters. The number of nitrogens with one attached hydrogen (secondary N) is 1. The summed E-state index contributed by atoms with van der Waals surface area (Å²) in [7, 11) is 0. The SMILES string of the molecule is Cc1cc(C)n(Cc2cccc(C(=O)Nc3ncccc3OCc3ccncc3)c2)n1. The third-order valence-electron chi connectivity index (χ3n) is 4.77. The van der Waals surface area contributed by atoms with Gasteiger partial charge in [0.2, 0.25) is 0 Å². The van der Waals surface area contributed by atoms with Gasteiger partial charge >= 0.3 is 0 Å². The number of hydrogen-bond donors (Lipinski definition) is 1. The molecular formula is C24H23N5O2. The fourth-order valence-corrected chi connectivity index (χ4v) is 3.24. The lowest BCUT2D eigenvalue weighted by Gasteiger charge is -2.12. The zero-order chi connectivity index (χ0) is 21.6. The van der Waals surface area contributed by atoms with Crippen molar-refractivity contribution >= 4 is 11.7 Å². The molecule has 31 heavy (non-hydrogen) atoms. The van der Waals surface area contributed by atoms with E-state index in [-0.39, 0.29) is 5.91 Å². The molecule has 1 amide bonds. The number of aromatic nitrogens is 4. The monoisotopic (exact) mass is 413 g/mol. The summed E-state index contributed by atoms with van der Waals surface area (Å²) in [6, 6.07) is 16.8. The average molecular weight is 413 g/mol. The Kier molecular flexibility index (Phi) is 6.03. The van der Waals surface area contributed by atoms with Crippen LogP contribution in [0.2, 0.25) is 0 Å². The van der Waals surface area contributed by atoms with Crippen LogP contribution in [-0.2, 0) is 13.2 Å². The number of pyridine rings is 2. The summed E-state index contributed by atoms with van der Waals surface area (Å²) in [5.41, 5.74) is 4.57. The van der Waals surface area contributed by atoms with Crippen LogP contribution in [0.25, 0.3) is 0 Å². The van der Waals surface area contributed by atoms with E-state index in [4.69, 9.17) is 4.74 Å². The average Bonchev–Trinajstić information content (AvgIpc) is 3.10. The van der Waals surface area contributed by atoms with E-state index in [1.54, 1.807) is 36.8 Å². The standard InChI is InChI=1S/C24H23N5O2/c1-17-13-18(2)29(28-17)15-20-5-3-6-21(14-20)24(30)27-23-22(7-4-10-26-23)31-16-19-8-11-25-12-9-19/h3-14H,15-16H2,1-2H3,(H,26,27,30). The van der Waals surface area contributed by atoms with E-state index in [2.05, 4.69) is 20.4 Å². The van der Waals surface area contributed by atoms with Crippen LogP contribution >= 0.6 is 0 Å². The van der Waals surface area contributed by atoms with Crippen molar-refractivity contribution in [2.24, 2.45) is 0 Å². The molecule has 3 aromatic heterocycles. The Morgan fingerprint density at radius 3 is 2.61 bits per heavy atom. The highest BCUT2D eigenvalue weighted by atomic mass is 16.5. The van der Waals surface area contributed by atoms with Crippen LogP contribution in [0.3, 0.4) is 0 Å². The molecule has 0 aliphatic rings. The van der Waals surface area contributed by atoms with E-state index in [9.17, 15) is 4.79 Å². The number of carbonyl (C=O) groups excluding carboxylic acids is 1. The Hall–Kier alpha value is -4.00. The molecule has 0 spiro atoms. The lowest BCUT2D eigenvalue weighted by atomic mass is 10.1. The summed E-state index contributed by atoms with van der Waals surface area (Å²) < 4.78 is 7.79. The maximum absolute atomic E-state index is 12.9. The highest BCUT2D eigenvalue weighted by Gasteiger charge is 2.12. The molecule has 0 saturated carbocycles. The minimum Gasteiger partial charge on any atom is -0.485 e. The van der Waals surface area contributed by atoms with Gasteiger partial charge < -0.3 is 10.1 Å². The van der Waals surface area contributed by atoms with Crippen molar-refractivity contribution in [3.63, 3.8) is 0 Å². The van der Waals surface area contributed by atoms with E-state index >= 15 is 0 Å². The first kappa shape index (κ1) is 20.3.